The van der Waals surface area contributed by atoms with E-state index in [4.69, 9.17) is 0 Å². The van der Waals surface area contributed by atoms with Gasteiger partial charge in [-0.1, -0.05) is 60.7 Å². The van der Waals surface area contributed by atoms with Crippen molar-refractivity contribution in [1.82, 2.24) is 4.90 Å². The maximum absolute atomic E-state index is 12.6. The Hall–Kier alpha value is -2.72. The molecule has 1 atom stereocenters. The van der Waals surface area contributed by atoms with Crippen molar-refractivity contribution in [3.05, 3.63) is 77.4 Å². The molecule has 0 unspecified atom stereocenters. The Labute approximate surface area is 180 Å². The number of carbonyl (C=O) groups is 2. The first-order chi connectivity index (χ1) is 14.5. The van der Waals surface area contributed by atoms with Gasteiger partial charge in [0.2, 0.25) is 0 Å². The number of aliphatic carboxylic acids is 1. The number of hydrogen-bond donors (Lipinski definition) is 1. The summed E-state index contributed by atoms with van der Waals surface area (Å²) in [6, 6.07) is 17.1. The van der Waals surface area contributed by atoms with E-state index in [0.29, 0.717) is 18.4 Å². The summed E-state index contributed by atoms with van der Waals surface area (Å²) in [4.78, 5) is 26.4. The highest BCUT2D eigenvalue weighted by molar-refractivity contribution is 5.96. The molecule has 0 radical (unpaired) electrons. The normalized spacial score (nSPS) is 12.4. The number of carboxylic acids is 1. The summed E-state index contributed by atoms with van der Waals surface area (Å²) in [5.41, 5.74) is 2.64. The molecular formula is C26H33NO3. The lowest BCUT2D eigenvalue weighted by Gasteiger charge is -2.12. The summed E-state index contributed by atoms with van der Waals surface area (Å²) in [5, 5.41) is 9.53. The molecule has 0 aliphatic carbocycles. The fraction of sp³-hybridized carbons (Fsp3) is 0.385. The number of benzene rings is 2. The third-order valence-corrected chi connectivity index (χ3v) is 5.14. The molecule has 0 amide bonds. The number of carboxylic acid groups (broad SMARTS) is 1. The number of ketones is 1. The molecule has 0 spiro atoms. The van der Waals surface area contributed by atoms with Crippen LogP contribution in [0.1, 0.15) is 53.6 Å². The van der Waals surface area contributed by atoms with Crippen LogP contribution in [0.25, 0.3) is 6.08 Å². The van der Waals surface area contributed by atoms with Gasteiger partial charge in [0.1, 0.15) is 0 Å². The van der Waals surface area contributed by atoms with E-state index in [1.165, 1.54) is 6.42 Å². The van der Waals surface area contributed by atoms with Crippen molar-refractivity contribution in [2.45, 2.75) is 38.5 Å². The number of Topliss-reactive ketones (excluding diaryl/α,β-unsaturated/α-hetero) is 1. The topological polar surface area (TPSA) is 57.6 Å². The van der Waals surface area contributed by atoms with E-state index in [0.717, 1.165) is 30.5 Å². The first-order valence-electron chi connectivity index (χ1n) is 10.7. The van der Waals surface area contributed by atoms with Crippen molar-refractivity contribution in [3.8, 4) is 0 Å². The SMILES string of the molecule is CN(C)CCCC/C=C\c1cccc(C(=O)CC[C@H](Cc2ccccc2)C(=O)O)c1. The summed E-state index contributed by atoms with van der Waals surface area (Å²) >= 11 is 0. The van der Waals surface area contributed by atoms with Gasteiger partial charge in [-0.2, -0.15) is 0 Å². The van der Waals surface area contributed by atoms with Crippen LogP contribution in [0.2, 0.25) is 0 Å². The molecular weight excluding hydrogens is 374 g/mol. The number of nitrogens with zero attached hydrogens (tertiary/aromatic N) is 1. The quantitative estimate of drug-likeness (QED) is 0.360. The zero-order valence-corrected chi connectivity index (χ0v) is 18.1. The zero-order chi connectivity index (χ0) is 21.8. The lowest BCUT2D eigenvalue weighted by Crippen LogP contribution is -2.18. The fourth-order valence-electron chi connectivity index (χ4n) is 3.39. The van der Waals surface area contributed by atoms with Crippen LogP contribution >= 0.6 is 0 Å². The van der Waals surface area contributed by atoms with Gasteiger partial charge in [-0.15, -0.1) is 0 Å². The number of rotatable bonds is 13. The highest BCUT2D eigenvalue weighted by Crippen LogP contribution is 2.18. The van der Waals surface area contributed by atoms with Crippen LogP contribution in [0.4, 0.5) is 0 Å². The summed E-state index contributed by atoms with van der Waals surface area (Å²) in [6.07, 6.45) is 8.57. The van der Waals surface area contributed by atoms with Gasteiger partial charge in [0, 0.05) is 12.0 Å². The standard InChI is InChI=1S/C26H33NO3/c1-27(2)18-9-4-3-6-11-22-14-10-15-23(19-22)25(28)17-16-24(26(29)30)20-21-12-7-5-8-13-21/h5-8,10-15,19,24H,3-4,9,16-18,20H2,1-2H3,(H,29,30)/b11-6-/t24-/m1/s1. The molecule has 4 nitrogen and oxygen atoms in total. The van der Waals surface area contributed by atoms with Gasteiger partial charge in [-0.3, -0.25) is 9.59 Å². The first-order valence-corrected chi connectivity index (χ1v) is 10.7. The van der Waals surface area contributed by atoms with E-state index in [1.54, 1.807) is 0 Å². The smallest absolute Gasteiger partial charge is 0.306 e. The summed E-state index contributed by atoms with van der Waals surface area (Å²) < 4.78 is 0. The summed E-state index contributed by atoms with van der Waals surface area (Å²) in [5.74, 6) is -1.41. The van der Waals surface area contributed by atoms with Gasteiger partial charge in [0.05, 0.1) is 5.92 Å². The van der Waals surface area contributed by atoms with E-state index in [9.17, 15) is 14.7 Å². The van der Waals surface area contributed by atoms with Crippen LogP contribution in [-0.4, -0.2) is 42.4 Å². The Morgan fingerprint density at radius 3 is 2.50 bits per heavy atom. The lowest BCUT2D eigenvalue weighted by molar-refractivity contribution is -0.141. The summed E-state index contributed by atoms with van der Waals surface area (Å²) in [6.45, 7) is 1.10. The Morgan fingerprint density at radius 2 is 1.80 bits per heavy atom. The van der Waals surface area contributed by atoms with E-state index < -0.39 is 11.9 Å². The largest absolute Gasteiger partial charge is 0.481 e. The molecule has 0 bridgehead atoms. The number of carbonyl (C=O) groups excluding carboxylic acids is 1. The molecule has 0 aromatic heterocycles. The molecule has 0 aliphatic rings. The average Bonchev–Trinajstić information content (AvgIpc) is 2.74. The molecule has 4 heteroatoms. The van der Waals surface area contributed by atoms with Crippen molar-refractivity contribution < 1.29 is 14.7 Å². The molecule has 0 aliphatic heterocycles. The highest BCUT2D eigenvalue weighted by atomic mass is 16.4. The van der Waals surface area contributed by atoms with Gasteiger partial charge in [0.25, 0.3) is 0 Å². The monoisotopic (exact) mass is 407 g/mol. The van der Waals surface area contributed by atoms with Gasteiger partial charge < -0.3 is 10.0 Å². The second-order valence-corrected chi connectivity index (χ2v) is 8.01. The van der Waals surface area contributed by atoms with Crippen LogP contribution in [0.3, 0.4) is 0 Å². The van der Waals surface area contributed by atoms with Crippen molar-refractivity contribution in [2.75, 3.05) is 20.6 Å². The fourth-order valence-corrected chi connectivity index (χ4v) is 3.39. The van der Waals surface area contributed by atoms with Crippen molar-refractivity contribution in [1.29, 1.82) is 0 Å². The number of unbranched alkanes of at least 4 members (excludes halogenated alkanes) is 2. The number of hydrogen-bond acceptors (Lipinski definition) is 3. The van der Waals surface area contributed by atoms with Gasteiger partial charge in [-0.25, -0.2) is 0 Å². The van der Waals surface area contributed by atoms with Gasteiger partial charge >= 0.3 is 5.97 Å². The third-order valence-electron chi connectivity index (χ3n) is 5.14. The van der Waals surface area contributed by atoms with Crippen LogP contribution in [0.15, 0.2) is 60.7 Å². The van der Waals surface area contributed by atoms with Crippen LogP contribution in [0.5, 0.6) is 0 Å². The zero-order valence-electron chi connectivity index (χ0n) is 18.1. The molecule has 0 heterocycles. The second kappa shape index (κ2) is 12.8. The van der Waals surface area contributed by atoms with Gasteiger partial charge in [0.15, 0.2) is 5.78 Å². The molecule has 160 valence electrons. The molecule has 30 heavy (non-hydrogen) atoms. The van der Waals surface area contributed by atoms with E-state index >= 15 is 0 Å². The Bertz CT molecular complexity index is 827. The Balaban J connectivity index is 1.87. The lowest BCUT2D eigenvalue weighted by atomic mass is 9.92. The number of allylic oxidation sites excluding steroid dienone is 1. The minimum absolute atomic E-state index is 0.00413. The van der Waals surface area contributed by atoms with E-state index in [2.05, 4.69) is 31.1 Å². The van der Waals surface area contributed by atoms with Gasteiger partial charge in [-0.05, 0) is 69.9 Å². The maximum Gasteiger partial charge on any atom is 0.306 e. The predicted octanol–water partition coefficient (Wildman–Crippen LogP) is 5.34. The van der Waals surface area contributed by atoms with Crippen molar-refractivity contribution >= 4 is 17.8 Å². The first kappa shape index (κ1) is 23.6. The summed E-state index contributed by atoms with van der Waals surface area (Å²) in [7, 11) is 4.16. The molecule has 2 aromatic rings. The van der Waals surface area contributed by atoms with Crippen molar-refractivity contribution in [2.24, 2.45) is 5.92 Å². The van der Waals surface area contributed by atoms with Crippen LogP contribution < -0.4 is 0 Å². The molecule has 0 saturated heterocycles. The van der Waals surface area contributed by atoms with Crippen LogP contribution in [0, 0.1) is 5.92 Å². The minimum atomic E-state index is -0.849. The van der Waals surface area contributed by atoms with E-state index in [1.807, 2.05) is 54.6 Å². The average molecular weight is 408 g/mol. The maximum atomic E-state index is 12.6. The van der Waals surface area contributed by atoms with Crippen molar-refractivity contribution in [3.63, 3.8) is 0 Å². The molecule has 2 aromatic carbocycles. The second-order valence-electron chi connectivity index (χ2n) is 8.01. The molecule has 2 rings (SSSR count). The highest BCUT2D eigenvalue weighted by Gasteiger charge is 2.19. The Kier molecular flexibility index (Phi) is 10.0. The van der Waals surface area contributed by atoms with Crippen LogP contribution in [-0.2, 0) is 11.2 Å². The predicted molar refractivity (Wildman–Crippen MR) is 123 cm³/mol. The third kappa shape index (κ3) is 8.75. The molecule has 0 fully saturated rings. The molecule has 0 saturated carbocycles. The minimum Gasteiger partial charge on any atom is -0.481 e. The Morgan fingerprint density at radius 1 is 1.03 bits per heavy atom. The van der Waals surface area contributed by atoms with E-state index in [-0.39, 0.29) is 12.2 Å². The molecule has 1 N–H and O–H groups in total.